The Labute approximate surface area is 111 Å². The highest BCUT2D eigenvalue weighted by molar-refractivity contribution is 5.78. The number of aliphatic hydroxyl groups excluding tert-OH is 1. The van der Waals surface area contributed by atoms with Gasteiger partial charge in [-0.15, -0.1) is 0 Å². The number of hydrogen-bond donors (Lipinski definition) is 2. The van der Waals surface area contributed by atoms with Crippen molar-refractivity contribution in [2.24, 2.45) is 0 Å². The molecule has 0 fully saturated rings. The number of aliphatic hydroxyl groups is 1. The molecule has 0 aliphatic rings. The van der Waals surface area contributed by atoms with Crippen molar-refractivity contribution < 1.29 is 18.7 Å². The minimum atomic E-state index is -0.696. The fourth-order valence-electron chi connectivity index (χ4n) is 1.74. The zero-order valence-electron chi connectivity index (χ0n) is 10.8. The quantitative estimate of drug-likeness (QED) is 0.712. The smallest absolute Gasteiger partial charge is 0.224 e. The van der Waals surface area contributed by atoms with E-state index in [-0.39, 0.29) is 24.5 Å². The third-order valence-corrected chi connectivity index (χ3v) is 2.81. The van der Waals surface area contributed by atoms with Crippen LogP contribution in [0.25, 0.3) is 0 Å². The Balaban J connectivity index is 2.28. The fraction of sp³-hybridized carbons (Fsp3) is 0.500. The molecule has 0 atom stereocenters. The normalized spacial score (nSPS) is 10.5. The number of unbranched alkanes of at least 4 members (excludes halogenated alkanes) is 3. The zero-order valence-corrected chi connectivity index (χ0v) is 10.8. The second-order valence-corrected chi connectivity index (χ2v) is 4.36. The first-order valence-electron chi connectivity index (χ1n) is 6.45. The average Bonchev–Trinajstić information content (AvgIpc) is 2.38. The van der Waals surface area contributed by atoms with Crippen molar-refractivity contribution in [2.75, 3.05) is 13.2 Å². The molecule has 0 bridgehead atoms. The lowest BCUT2D eigenvalue weighted by Crippen LogP contribution is -2.26. The maximum absolute atomic E-state index is 13.3. The predicted octanol–water partition coefficient (Wildman–Crippen LogP) is 2.18. The molecule has 0 aliphatic heterocycles. The number of rotatable bonds is 8. The molecule has 0 radical (unpaired) electrons. The molecule has 0 aromatic heterocycles. The number of amides is 1. The highest BCUT2D eigenvalue weighted by Gasteiger charge is 2.12. The Morgan fingerprint density at radius 2 is 1.74 bits per heavy atom. The third kappa shape index (κ3) is 5.79. The summed E-state index contributed by atoms with van der Waals surface area (Å²) in [5.41, 5.74) is -0.194. The van der Waals surface area contributed by atoms with Crippen LogP contribution in [0.1, 0.15) is 31.2 Å². The van der Waals surface area contributed by atoms with E-state index in [9.17, 15) is 13.6 Å². The largest absolute Gasteiger partial charge is 0.396 e. The number of benzene rings is 1. The van der Waals surface area contributed by atoms with Crippen molar-refractivity contribution in [3.63, 3.8) is 0 Å². The van der Waals surface area contributed by atoms with Gasteiger partial charge >= 0.3 is 0 Å². The molecule has 0 saturated heterocycles. The maximum atomic E-state index is 13.3. The summed E-state index contributed by atoms with van der Waals surface area (Å²) in [6.07, 6.45) is 3.10. The van der Waals surface area contributed by atoms with Crippen LogP contribution in [0.2, 0.25) is 0 Å². The highest BCUT2D eigenvalue weighted by Crippen LogP contribution is 2.12. The van der Waals surface area contributed by atoms with Gasteiger partial charge in [0.05, 0.1) is 6.42 Å². The molecule has 1 amide bonds. The number of nitrogens with one attached hydrogen (secondary N) is 1. The Bertz CT molecular complexity index is 390. The van der Waals surface area contributed by atoms with Crippen LogP contribution >= 0.6 is 0 Å². The van der Waals surface area contributed by atoms with Crippen LogP contribution in [-0.2, 0) is 11.2 Å². The Morgan fingerprint density at radius 3 is 2.37 bits per heavy atom. The molecule has 0 saturated carbocycles. The molecular weight excluding hydrogens is 252 g/mol. The molecule has 106 valence electrons. The van der Waals surface area contributed by atoms with Gasteiger partial charge in [0.1, 0.15) is 11.6 Å². The van der Waals surface area contributed by atoms with E-state index in [0.29, 0.717) is 6.54 Å². The van der Waals surface area contributed by atoms with Gasteiger partial charge in [-0.05, 0) is 25.0 Å². The van der Waals surface area contributed by atoms with Gasteiger partial charge in [-0.25, -0.2) is 8.78 Å². The van der Waals surface area contributed by atoms with E-state index >= 15 is 0 Å². The molecule has 1 rings (SSSR count). The highest BCUT2D eigenvalue weighted by atomic mass is 19.1. The number of halogens is 2. The standard InChI is InChI=1S/C14H19F2NO2/c15-12-6-5-7-13(16)11(12)10-14(19)17-8-3-1-2-4-9-18/h5-7,18H,1-4,8-10H2,(H,17,19). The average molecular weight is 271 g/mol. The van der Waals surface area contributed by atoms with Crippen molar-refractivity contribution in [1.29, 1.82) is 0 Å². The molecule has 19 heavy (non-hydrogen) atoms. The van der Waals surface area contributed by atoms with Crippen molar-refractivity contribution in [3.8, 4) is 0 Å². The van der Waals surface area contributed by atoms with Gasteiger partial charge in [0.2, 0.25) is 5.91 Å². The van der Waals surface area contributed by atoms with E-state index in [0.717, 1.165) is 37.8 Å². The molecular formula is C14H19F2NO2. The van der Waals surface area contributed by atoms with E-state index in [1.54, 1.807) is 0 Å². The summed E-state index contributed by atoms with van der Waals surface area (Å²) in [6.45, 7) is 0.666. The number of hydrogen-bond acceptors (Lipinski definition) is 2. The van der Waals surface area contributed by atoms with Gasteiger partial charge in [-0.2, -0.15) is 0 Å². The first-order chi connectivity index (χ1) is 9.15. The summed E-state index contributed by atoms with van der Waals surface area (Å²) in [6, 6.07) is 3.55. The first-order valence-corrected chi connectivity index (χ1v) is 6.45. The van der Waals surface area contributed by atoms with Gasteiger partial charge in [-0.3, -0.25) is 4.79 Å². The fourth-order valence-corrected chi connectivity index (χ4v) is 1.74. The Hall–Kier alpha value is -1.49. The summed E-state index contributed by atoms with van der Waals surface area (Å²) in [4.78, 5) is 11.5. The van der Waals surface area contributed by atoms with Gasteiger partial charge in [0.15, 0.2) is 0 Å². The first kappa shape index (κ1) is 15.6. The second kappa shape index (κ2) is 8.58. The number of carbonyl (C=O) groups is 1. The molecule has 0 spiro atoms. The van der Waals surface area contributed by atoms with Crippen LogP contribution in [0.4, 0.5) is 8.78 Å². The minimum Gasteiger partial charge on any atom is -0.396 e. The Kier molecular flexibility index (Phi) is 7.03. The van der Waals surface area contributed by atoms with Crippen LogP contribution < -0.4 is 5.32 Å². The van der Waals surface area contributed by atoms with Crippen molar-refractivity contribution in [2.45, 2.75) is 32.1 Å². The van der Waals surface area contributed by atoms with Gasteiger partial charge in [0, 0.05) is 18.7 Å². The van der Waals surface area contributed by atoms with Crippen molar-refractivity contribution >= 4 is 5.91 Å². The van der Waals surface area contributed by atoms with E-state index in [1.807, 2.05) is 0 Å². The van der Waals surface area contributed by atoms with E-state index in [4.69, 9.17) is 5.11 Å². The maximum Gasteiger partial charge on any atom is 0.224 e. The summed E-state index contributed by atoms with van der Waals surface area (Å²) < 4.78 is 26.6. The van der Waals surface area contributed by atoms with E-state index in [1.165, 1.54) is 6.07 Å². The van der Waals surface area contributed by atoms with Gasteiger partial charge in [-0.1, -0.05) is 18.9 Å². The molecule has 0 unspecified atom stereocenters. The lowest BCUT2D eigenvalue weighted by Gasteiger charge is -2.06. The van der Waals surface area contributed by atoms with E-state index < -0.39 is 11.6 Å². The Morgan fingerprint density at radius 1 is 1.11 bits per heavy atom. The van der Waals surface area contributed by atoms with E-state index in [2.05, 4.69) is 5.32 Å². The molecule has 0 aliphatic carbocycles. The van der Waals surface area contributed by atoms with Gasteiger partial charge < -0.3 is 10.4 Å². The van der Waals surface area contributed by atoms with Crippen molar-refractivity contribution in [1.82, 2.24) is 5.32 Å². The summed E-state index contributed by atoms with van der Waals surface area (Å²) >= 11 is 0. The second-order valence-electron chi connectivity index (χ2n) is 4.36. The topological polar surface area (TPSA) is 49.3 Å². The molecule has 2 N–H and O–H groups in total. The summed E-state index contributed by atoms with van der Waals surface area (Å²) in [5, 5.41) is 11.2. The predicted molar refractivity (Wildman–Crippen MR) is 68.6 cm³/mol. The van der Waals surface area contributed by atoms with Crippen LogP contribution in [-0.4, -0.2) is 24.2 Å². The lowest BCUT2D eigenvalue weighted by atomic mass is 10.1. The monoisotopic (exact) mass is 271 g/mol. The van der Waals surface area contributed by atoms with Crippen LogP contribution in [0.15, 0.2) is 18.2 Å². The minimum absolute atomic E-state index is 0.179. The molecule has 5 heteroatoms. The summed E-state index contributed by atoms with van der Waals surface area (Å²) in [7, 11) is 0. The molecule has 3 nitrogen and oxygen atoms in total. The molecule has 1 aromatic rings. The lowest BCUT2D eigenvalue weighted by molar-refractivity contribution is -0.120. The molecule has 1 aromatic carbocycles. The van der Waals surface area contributed by atoms with Crippen molar-refractivity contribution in [3.05, 3.63) is 35.4 Å². The van der Waals surface area contributed by atoms with Crippen LogP contribution in [0.5, 0.6) is 0 Å². The van der Waals surface area contributed by atoms with Crippen LogP contribution in [0, 0.1) is 11.6 Å². The van der Waals surface area contributed by atoms with Gasteiger partial charge in [0.25, 0.3) is 0 Å². The zero-order chi connectivity index (χ0) is 14.1. The third-order valence-electron chi connectivity index (χ3n) is 2.81. The number of carbonyl (C=O) groups excluding carboxylic acids is 1. The summed E-state index contributed by atoms with van der Waals surface area (Å²) in [5.74, 6) is -1.78. The SMILES string of the molecule is O=C(Cc1c(F)cccc1F)NCCCCCCO. The molecule has 0 heterocycles. The van der Waals surface area contributed by atoms with Crippen LogP contribution in [0.3, 0.4) is 0 Å².